The van der Waals surface area contributed by atoms with E-state index in [0.717, 1.165) is 18.4 Å². The first kappa shape index (κ1) is 19.0. The Morgan fingerprint density at radius 2 is 2.00 bits per heavy atom. The topological polar surface area (TPSA) is 58.3 Å². The molecule has 22 heavy (non-hydrogen) atoms. The van der Waals surface area contributed by atoms with Crippen LogP contribution in [-0.4, -0.2) is 35.2 Å². The summed E-state index contributed by atoms with van der Waals surface area (Å²) in [6.07, 6.45) is 1.75. The van der Waals surface area contributed by atoms with E-state index in [4.69, 9.17) is 17.3 Å². The molecule has 0 spiro atoms. The average molecular weight is 323 g/mol. The van der Waals surface area contributed by atoms with Crippen molar-refractivity contribution in [3.05, 3.63) is 35.9 Å². The highest BCUT2D eigenvalue weighted by Gasteiger charge is 2.19. The molecule has 2 unspecified atom stereocenters. The highest BCUT2D eigenvalue weighted by molar-refractivity contribution is 6.17. The fourth-order valence-electron chi connectivity index (χ4n) is 2.02. The van der Waals surface area contributed by atoms with Crippen LogP contribution in [0.4, 0.5) is 0 Å². The molecule has 0 amide bonds. The van der Waals surface area contributed by atoms with Gasteiger partial charge in [0.1, 0.15) is 0 Å². The molecule has 0 radical (unpaired) electrons. The van der Waals surface area contributed by atoms with Crippen LogP contribution in [0.2, 0.25) is 0 Å². The van der Waals surface area contributed by atoms with Crippen LogP contribution >= 0.6 is 11.6 Å². The SMILES string of the molecule is CC(C)(C#CCCCCl)NCC(O)C(N)Cc1ccccc1. The number of aliphatic hydroxyl groups is 1. The molecule has 1 rings (SSSR count). The van der Waals surface area contributed by atoms with Gasteiger partial charge in [0.2, 0.25) is 0 Å². The lowest BCUT2D eigenvalue weighted by atomic mass is 10.0. The molecule has 0 saturated carbocycles. The molecule has 2 atom stereocenters. The van der Waals surface area contributed by atoms with Crippen LogP contribution in [0.25, 0.3) is 0 Å². The van der Waals surface area contributed by atoms with Crippen molar-refractivity contribution < 1.29 is 5.11 Å². The number of nitrogens with two attached hydrogens (primary N) is 1. The van der Waals surface area contributed by atoms with Crippen LogP contribution < -0.4 is 11.1 Å². The highest BCUT2D eigenvalue weighted by atomic mass is 35.5. The van der Waals surface area contributed by atoms with Gasteiger partial charge in [-0.2, -0.15) is 0 Å². The summed E-state index contributed by atoms with van der Waals surface area (Å²) >= 11 is 5.63. The van der Waals surface area contributed by atoms with E-state index in [0.29, 0.717) is 18.8 Å². The third-order valence-corrected chi connectivity index (χ3v) is 3.67. The number of halogens is 1. The third kappa shape index (κ3) is 7.82. The minimum absolute atomic E-state index is 0.296. The van der Waals surface area contributed by atoms with E-state index in [1.54, 1.807) is 0 Å². The monoisotopic (exact) mass is 322 g/mol. The fourth-order valence-corrected chi connectivity index (χ4v) is 2.15. The molecule has 0 fully saturated rings. The summed E-state index contributed by atoms with van der Waals surface area (Å²) < 4.78 is 0. The Labute approximate surface area is 139 Å². The van der Waals surface area contributed by atoms with Gasteiger partial charge < -0.3 is 10.8 Å². The molecule has 0 aliphatic carbocycles. The van der Waals surface area contributed by atoms with Crippen molar-refractivity contribution >= 4 is 11.6 Å². The molecule has 0 aromatic heterocycles. The number of aliphatic hydroxyl groups excluding tert-OH is 1. The second-order valence-electron chi connectivity index (χ2n) is 6.02. The van der Waals surface area contributed by atoms with Crippen molar-refractivity contribution in [2.24, 2.45) is 5.73 Å². The van der Waals surface area contributed by atoms with Crippen LogP contribution in [-0.2, 0) is 6.42 Å². The molecular formula is C18H27ClN2O. The van der Waals surface area contributed by atoms with Crippen LogP contribution in [0.1, 0.15) is 32.3 Å². The Morgan fingerprint density at radius 1 is 1.32 bits per heavy atom. The lowest BCUT2D eigenvalue weighted by Crippen LogP contribution is -2.48. The van der Waals surface area contributed by atoms with E-state index >= 15 is 0 Å². The minimum atomic E-state index is -0.607. The minimum Gasteiger partial charge on any atom is -0.390 e. The van der Waals surface area contributed by atoms with E-state index in [1.807, 2.05) is 44.2 Å². The molecule has 1 aromatic carbocycles. The largest absolute Gasteiger partial charge is 0.390 e. The fraction of sp³-hybridized carbons (Fsp3) is 0.556. The Balaban J connectivity index is 2.40. The summed E-state index contributed by atoms with van der Waals surface area (Å²) in [7, 11) is 0. The number of hydrogen-bond donors (Lipinski definition) is 3. The van der Waals surface area contributed by atoms with Gasteiger partial charge in [0.15, 0.2) is 0 Å². The van der Waals surface area contributed by atoms with Crippen LogP contribution in [0.3, 0.4) is 0 Å². The Morgan fingerprint density at radius 3 is 2.64 bits per heavy atom. The molecule has 3 nitrogen and oxygen atoms in total. The van der Waals surface area contributed by atoms with Gasteiger partial charge in [-0.3, -0.25) is 5.32 Å². The van der Waals surface area contributed by atoms with Crippen molar-refractivity contribution in [2.75, 3.05) is 12.4 Å². The number of alkyl halides is 1. The summed E-state index contributed by atoms with van der Waals surface area (Å²) in [5.74, 6) is 6.91. The Hall–Kier alpha value is -1.05. The van der Waals surface area contributed by atoms with Gasteiger partial charge in [0.25, 0.3) is 0 Å². The van der Waals surface area contributed by atoms with Crippen LogP contribution in [0.15, 0.2) is 30.3 Å². The number of unbranched alkanes of at least 4 members (excludes halogenated alkanes) is 1. The van der Waals surface area contributed by atoms with Gasteiger partial charge in [-0.25, -0.2) is 0 Å². The third-order valence-electron chi connectivity index (χ3n) is 3.40. The number of benzene rings is 1. The molecule has 0 aliphatic rings. The van der Waals surface area contributed by atoms with Crippen LogP contribution in [0, 0.1) is 11.8 Å². The Kier molecular flexibility index (Phi) is 8.52. The summed E-state index contributed by atoms with van der Waals surface area (Å²) in [5, 5.41) is 13.5. The van der Waals surface area contributed by atoms with E-state index in [2.05, 4.69) is 17.2 Å². The van der Waals surface area contributed by atoms with Crippen molar-refractivity contribution in [1.82, 2.24) is 5.32 Å². The number of β-amino-alcohol motifs (C(OH)–C–C–N with tert-alkyl or cyclic N) is 1. The van der Waals surface area contributed by atoms with E-state index < -0.39 is 6.10 Å². The molecule has 0 bridgehead atoms. The normalized spacial score (nSPS) is 14.0. The summed E-state index contributed by atoms with van der Waals surface area (Å²) in [6.45, 7) is 4.41. The number of hydrogen-bond acceptors (Lipinski definition) is 3. The average Bonchev–Trinajstić information content (AvgIpc) is 2.50. The first-order chi connectivity index (χ1) is 10.4. The van der Waals surface area contributed by atoms with Crippen LogP contribution in [0.5, 0.6) is 0 Å². The molecule has 0 saturated heterocycles. The molecular weight excluding hydrogens is 296 g/mol. The number of nitrogens with one attached hydrogen (secondary N) is 1. The van der Waals surface area contributed by atoms with Gasteiger partial charge in [-0.15, -0.1) is 17.5 Å². The quantitative estimate of drug-likeness (QED) is 0.391. The standard InChI is InChI=1S/C18H27ClN2O/c1-18(2,11-7-4-8-12-19)21-14-17(22)16(20)13-15-9-5-3-6-10-15/h3,5-6,9-10,16-17,21-22H,4,8,12-14,20H2,1-2H3. The maximum atomic E-state index is 10.2. The van der Waals surface area contributed by atoms with Gasteiger partial charge in [0.05, 0.1) is 11.6 Å². The maximum Gasteiger partial charge on any atom is 0.0818 e. The first-order valence-corrected chi connectivity index (χ1v) is 8.26. The Bertz CT molecular complexity index is 479. The van der Waals surface area contributed by atoms with Gasteiger partial charge in [-0.05, 0) is 32.3 Å². The predicted molar refractivity (Wildman–Crippen MR) is 93.9 cm³/mol. The summed E-state index contributed by atoms with van der Waals surface area (Å²) in [6, 6.07) is 9.67. The predicted octanol–water partition coefficient (Wildman–Crippen LogP) is 2.31. The molecule has 0 heterocycles. The van der Waals surface area contributed by atoms with E-state index in [-0.39, 0.29) is 11.6 Å². The molecule has 4 N–H and O–H groups in total. The first-order valence-electron chi connectivity index (χ1n) is 7.73. The van der Waals surface area contributed by atoms with Gasteiger partial charge in [-0.1, -0.05) is 36.3 Å². The van der Waals surface area contributed by atoms with Crippen molar-refractivity contribution in [3.63, 3.8) is 0 Å². The maximum absolute atomic E-state index is 10.2. The molecule has 122 valence electrons. The molecule has 4 heteroatoms. The van der Waals surface area contributed by atoms with E-state index in [9.17, 15) is 5.11 Å². The molecule has 0 aliphatic heterocycles. The van der Waals surface area contributed by atoms with Gasteiger partial charge in [0, 0.05) is 24.9 Å². The van der Waals surface area contributed by atoms with Crippen molar-refractivity contribution in [2.45, 2.75) is 50.8 Å². The highest BCUT2D eigenvalue weighted by Crippen LogP contribution is 2.06. The second-order valence-corrected chi connectivity index (χ2v) is 6.40. The lowest BCUT2D eigenvalue weighted by Gasteiger charge is -2.25. The summed E-state index contributed by atoms with van der Waals surface area (Å²) in [5.41, 5.74) is 6.86. The zero-order valence-corrected chi connectivity index (χ0v) is 14.2. The van der Waals surface area contributed by atoms with Gasteiger partial charge >= 0.3 is 0 Å². The summed E-state index contributed by atoms with van der Waals surface area (Å²) in [4.78, 5) is 0. The second kappa shape index (κ2) is 9.86. The zero-order chi connectivity index (χ0) is 16.4. The van der Waals surface area contributed by atoms with E-state index in [1.165, 1.54) is 0 Å². The van der Waals surface area contributed by atoms with Crippen molar-refractivity contribution in [3.8, 4) is 11.8 Å². The lowest BCUT2D eigenvalue weighted by molar-refractivity contribution is 0.136. The van der Waals surface area contributed by atoms with Crippen molar-refractivity contribution in [1.29, 1.82) is 0 Å². The smallest absolute Gasteiger partial charge is 0.0818 e. The number of rotatable bonds is 8. The zero-order valence-electron chi connectivity index (χ0n) is 13.5. The molecule has 1 aromatic rings.